The van der Waals surface area contributed by atoms with Gasteiger partial charge in [0.2, 0.25) is 0 Å². The summed E-state index contributed by atoms with van der Waals surface area (Å²) in [6, 6.07) is 6.17. The maximum absolute atomic E-state index is 5.83. The van der Waals surface area contributed by atoms with Gasteiger partial charge in [0.25, 0.3) is 0 Å². The largest absolute Gasteiger partial charge is 0.370 e. The summed E-state index contributed by atoms with van der Waals surface area (Å²) >= 11 is 1.79. The van der Waals surface area contributed by atoms with Crippen molar-refractivity contribution in [3.05, 3.63) is 29.3 Å². The zero-order chi connectivity index (χ0) is 12.8. The molecule has 1 rings (SSSR count). The predicted molar refractivity (Wildman–Crippen MR) is 79.0 cm³/mol. The molecule has 1 unspecified atom stereocenters. The van der Waals surface area contributed by atoms with Gasteiger partial charge in [-0.3, -0.25) is 4.99 Å². The molecular formula is C13H21N3S. The van der Waals surface area contributed by atoms with Crippen LogP contribution in [0.3, 0.4) is 0 Å². The van der Waals surface area contributed by atoms with Gasteiger partial charge >= 0.3 is 0 Å². The summed E-state index contributed by atoms with van der Waals surface area (Å²) < 4.78 is 0. The Hall–Kier alpha value is -1.16. The second-order valence-electron chi connectivity index (χ2n) is 4.20. The fraction of sp³-hybridized carbons (Fsp3) is 0.462. The van der Waals surface area contributed by atoms with E-state index in [0.29, 0.717) is 11.2 Å². The third-order valence-electron chi connectivity index (χ3n) is 2.70. The average molecular weight is 251 g/mol. The first-order chi connectivity index (χ1) is 8.02. The highest BCUT2D eigenvalue weighted by Crippen LogP contribution is 2.13. The highest BCUT2D eigenvalue weighted by molar-refractivity contribution is 7.99. The molecule has 1 aromatic rings. The Morgan fingerprint density at radius 1 is 1.41 bits per heavy atom. The van der Waals surface area contributed by atoms with Crippen LogP contribution in [0.4, 0.5) is 5.69 Å². The van der Waals surface area contributed by atoms with Crippen molar-refractivity contribution in [2.45, 2.75) is 26.0 Å². The molecule has 0 radical (unpaired) electrons. The minimum atomic E-state index is 0.481. The van der Waals surface area contributed by atoms with Crippen LogP contribution in [0.1, 0.15) is 18.1 Å². The summed E-state index contributed by atoms with van der Waals surface area (Å²) in [6.07, 6.45) is 2.08. The third kappa shape index (κ3) is 4.69. The van der Waals surface area contributed by atoms with Crippen LogP contribution in [0.2, 0.25) is 0 Å². The molecule has 0 aromatic heterocycles. The number of nitrogens with zero attached hydrogens (tertiary/aromatic N) is 1. The van der Waals surface area contributed by atoms with Gasteiger partial charge in [0.05, 0.1) is 6.54 Å². The Labute approximate surface area is 108 Å². The maximum atomic E-state index is 5.83. The molecule has 0 fully saturated rings. The summed E-state index contributed by atoms with van der Waals surface area (Å²) in [4.78, 5) is 4.30. The molecule has 0 heterocycles. The fourth-order valence-corrected chi connectivity index (χ4v) is 1.53. The van der Waals surface area contributed by atoms with Crippen molar-refractivity contribution >= 4 is 23.4 Å². The number of rotatable bonds is 4. The molecule has 0 aliphatic rings. The Bertz CT molecular complexity index is 402. The van der Waals surface area contributed by atoms with E-state index in [1.165, 1.54) is 11.1 Å². The monoisotopic (exact) mass is 251 g/mol. The topological polar surface area (TPSA) is 50.4 Å². The summed E-state index contributed by atoms with van der Waals surface area (Å²) in [5.74, 6) is 0.481. The Balaban J connectivity index is 2.61. The minimum absolute atomic E-state index is 0.481. The minimum Gasteiger partial charge on any atom is -0.370 e. The highest BCUT2D eigenvalue weighted by atomic mass is 32.2. The molecule has 0 aliphatic carbocycles. The number of thioether (sulfide) groups is 1. The SMILES string of the molecule is CSC(C)CN=C(N)Nc1ccc(C)c(C)c1. The zero-order valence-electron chi connectivity index (χ0n) is 10.9. The molecule has 1 aromatic carbocycles. The number of nitrogens with one attached hydrogen (secondary N) is 1. The van der Waals surface area contributed by atoms with Crippen molar-refractivity contribution in [1.82, 2.24) is 0 Å². The van der Waals surface area contributed by atoms with Crippen LogP contribution in [-0.4, -0.2) is 24.0 Å². The van der Waals surface area contributed by atoms with E-state index in [9.17, 15) is 0 Å². The molecule has 1 atom stereocenters. The summed E-state index contributed by atoms with van der Waals surface area (Å²) in [5, 5.41) is 3.60. The van der Waals surface area contributed by atoms with E-state index < -0.39 is 0 Å². The smallest absolute Gasteiger partial charge is 0.193 e. The van der Waals surface area contributed by atoms with E-state index in [-0.39, 0.29) is 0 Å². The van der Waals surface area contributed by atoms with Gasteiger partial charge in [-0.1, -0.05) is 13.0 Å². The number of benzene rings is 1. The third-order valence-corrected chi connectivity index (χ3v) is 3.65. The highest BCUT2D eigenvalue weighted by Gasteiger charge is 2.00. The van der Waals surface area contributed by atoms with E-state index >= 15 is 0 Å². The number of hydrogen-bond acceptors (Lipinski definition) is 2. The lowest BCUT2D eigenvalue weighted by molar-refractivity contribution is 0.951. The number of nitrogens with two attached hydrogens (primary N) is 1. The lowest BCUT2D eigenvalue weighted by Crippen LogP contribution is -2.23. The van der Waals surface area contributed by atoms with Crippen LogP contribution < -0.4 is 11.1 Å². The molecule has 0 saturated carbocycles. The summed E-state index contributed by atoms with van der Waals surface area (Å²) in [7, 11) is 0. The van der Waals surface area contributed by atoms with Gasteiger partial charge in [0, 0.05) is 10.9 Å². The molecule has 94 valence electrons. The zero-order valence-corrected chi connectivity index (χ0v) is 11.8. The van der Waals surface area contributed by atoms with Gasteiger partial charge in [-0.2, -0.15) is 11.8 Å². The first-order valence-corrected chi connectivity index (χ1v) is 6.98. The summed E-state index contributed by atoms with van der Waals surface area (Å²) in [6.45, 7) is 7.06. The normalized spacial score (nSPS) is 13.5. The van der Waals surface area contributed by atoms with Gasteiger partial charge in [-0.25, -0.2) is 0 Å². The Morgan fingerprint density at radius 2 is 2.12 bits per heavy atom. The van der Waals surface area contributed by atoms with Crippen molar-refractivity contribution in [2.75, 3.05) is 18.1 Å². The van der Waals surface area contributed by atoms with Crippen LogP contribution in [0, 0.1) is 13.8 Å². The molecule has 17 heavy (non-hydrogen) atoms. The molecule has 0 amide bonds. The van der Waals surface area contributed by atoms with Gasteiger partial charge in [0.1, 0.15) is 0 Å². The van der Waals surface area contributed by atoms with Gasteiger partial charge < -0.3 is 11.1 Å². The molecule has 3 nitrogen and oxygen atoms in total. The van der Waals surface area contributed by atoms with Gasteiger partial charge in [-0.15, -0.1) is 0 Å². The van der Waals surface area contributed by atoms with Crippen molar-refractivity contribution < 1.29 is 0 Å². The summed E-state index contributed by atoms with van der Waals surface area (Å²) in [5.41, 5.74) is 9.35. The van der Waals surface area contributed by atoms with Crippen molar-refractivity contribution in [2.24, 2.45) is 10.7 Å². The van der Waals surface area contributed by atoms with Crippen LogP contribution in [0.5, 0.6) is 0 Å². The molecule has 0 spiro atoms. The number of hydrogen-bond donors (Lipinski definition) is 2. The lowest BCUT2D eigenvalue weighted by Gasteiger charge is -2.09. The van der Waals surface area contributed by atoms with E-state index in [1.54, 1.807) is 11.8 Å². The van der Waals surface area contributed by atoms with E-state index in [2.05, 4.69) is 49.5 Å². The number of aryl methyl sites for hydroxylation is 2. The van der Waals surface area contributed by atoms with Crippen LogP contribution >= 0.6 is 11.8 Å². The predicted octanol–water partition coefficient (Wildman–Crippen LogP) is 2.78. The molecular weight excluding hydrogens is 230 g/mol. The van der Waals surface area contributed by atoms with Crippen LogP contribution in [0.15, 0.2) is 23.2 Å². The molecule has 0 bridgehead atoms. The van der Waals surface area contributed by atoms with Crippen molar-refractivity contribution in [3.63, 3.8) is 0 Å². The molecule has 3 N–H and O–H groups in total. The second-order valence-corrected chi connectivity index (χ2v) is 5.47. The Kier molecular flexibility index (Phi) is 5.35. The van der Waals surface area contributed by atoms with E-state index in [1.807, 2.05) is 6.07 Å². The van der Waals surface area contributed by atoms with Crippen molar-refractivity contribution in [3.8, 4) is 0 Å². The molecule has 0 aliphatic heterocycles. The average Bonchev–Trinajstić information content (AvgIpc) is 2.31. The number of guanidine groups is 1. The van der Waals surface area contributed by atoms with Crippen LogP contribution in [-0.2, 0) is 0 Å². The fourth-order valence-electron chi connectivity index (χ4n) is 1.31. The standard InChI is InChI=1S/C13H21N3S/c1-9-5-6-12(7-10(9)2)16-13(14)15-8-11(3)17-4/h5-7,11H,8H2,1-4H3,(H3,14,15,16). The van der Waals surface area contributed by atoms with Gasteiger partial charge in [-0.05, 0) is 43.4 Å². The van der Waals surface area contributed by atoms with E-state index in [0.717, 1.165) is 12.2 Å². The molecule has 4 heteroatoms. The maximum Gasteiger partial charge on any atom is 0.193 e. The molecule has 0 saturated heterocycles. The first kappa shape index (κ1) is 13.9. The number of aliphatic imine (C=N–C) groups is 1. The second kappa shape index (κ2) is 6.55. The first-order valence-electron chi connectivity index (χ1n) is 5.70. The van der Waals surface area contributed by atoms with E-state index in [4.69, 9.17) is 5.73 Å². The number of anilines is 1. The quantitative estimate of drug-likeness (QED) is 0.639. The van der Waals surface area contributed by atoms with Crippen molar-refractivity contribution in [1.29, 1.82) is 0 Å². The Morgan fingerprint density at radius 3 is 2.71 bits per heavy atom. The van der Waals surface area contributed by atoms with Gasteiger partial charge in [0.15, 0.2) is 5.96 Å². The lowest BCUT2D eigenvalue weighted by atomic mass is 10.1. The van der Waals surface area contributed by atoms with Crippen LogP contribution in [0.25, 0.3) is 0 Å².